The minimum atomic E-state index is -3.22. The molecule has 9 nitrogen and oxygen atoms in total. The minimum Gasteiger partial charge on any atom is -0.391 e. The molecular formula is C21H25F5N6O3. The van der Waals surface area contributed by atoms with Crippen molar-refractivity contribution in [2.45, 2.75) is 63.9 Å². The summed E-state index contributed by atoms with van der Waals surface area (Å²) in [6, 6.07) is -1.48. The van der Waals surface area contributed by atoms with Crippen molar-refractivity contribution in [1.29, 1.82) is 0 Å². The van der Waals surface area contributed by atoms with E-state index in [0.29, 0.717) is 19.1 Å². The molecule has 3 atom stereocenters. The summed E-state index contributed by atoms with van der Waals surface area (Å²) in [6.07, 6.45) is -2.02. The first-order valence-corrected chi connectivity index (χ1v) is 10.7. The zero-order valence-corrected chi connectivity index (χ0v) is 18.9. The number of alkyl halides is 2. The second-order valence-electron chi connectivity index (χ2n) is 8.53. The molecule has 0 radical (unpaired) electrons. The number of nitrogens with one attached hydrogen (secondary N) is 1. The van der Waals surface area contributed by atoms with E-state index in [1.807, 2.05) is 0 Å². The Labute approximate surface area is 197 Å². The van der Waals surface area contributed by atoms with Crippen LogP contribution in [0, 0.1) is 17.5 Å². The number of aliphatic hydroxyl groups is 1. The normalized spacial score (nSPS) is 16.4. The van der Waals surface area contributed by atoms with Gasteiger partial charge in [0, 0.05) is 38.5 Å². The molecule has 0 spiro atoms. The fourth-order valence-electron chi connectivity index (χ4n) is 3.71. The monoisotopic (exact) mass is 504 g/mol. The Hall–Kier alpha value is -3.13. The lowest BCUT2D eigenvalue weighted by molar-refractivity contribution is -0.133. The number of halogens is 5. The van der Waals surface area contributed by atoms with Crippen LogP contribution in [0.4, 0.5) is 22.0 Å². The van der Waals surface area contributed by atoms with E-state index in [4.69, 9.17) is 5.73 Å². The highest BCUT2D eigenvalue weighted by molar-refractivity contribution is 5.83. The van der Waals surface area contributed by atoms with Crippen LogP contribution in [0.25, 0.3) is 0 Å². The van der Waals surface area contributed by atoms with Gasteiger partial charge in [-0.2, -0.15) is 8.78 Å². The molecule has 4 N–H and O–H groups in total. The van der Waals surface area contributed by atoms with Crippen molar-refractivity contribution < 1.29 is 36.6 Å². The molecule has 35 heavy (non-hydrogen) atoms. The Bertz CT molecular complexity index is 1100. The van der Waals surface area contributed by atoms with Gasteiger partial charge in [-0.3, -0.25) is 9.59 Å². The number of benzene rings is 1. The van der Waals surface area contributed by atoms with Crippen molar-refractivity contribution in [2.24, 2.45) is 5.73 Å². The number of carbonyl (C=O) groups excluding carboxylic acids is 2. The molecule has 0 bridgehead atoms. The van der Waals surface area contributed by atoms with E-state index in [2.05, 4.69) is 15.5 Å². The van der Waals surface area contributed by atoms with Crippen LogP contribution in [0.1, 0.15) is 37.5 Å². The fraction of sp³-hybridized carbons (Fsp3) is 0.524. The number of nitrogens with two attached hydrogens (primary N) is 1. The van der Waals surface area contributed by atoms with Gasteiger partial charge in [-0.05, 0) is 25.0 Å². The van der Waals surface area contributed by atoms with Gasteiger partial charge in [-0.25, -0.2) is 13.2 Å². The molecule has 1 aromatic heterocycles. The quantitative estimate of drug-likeness (QED) is 0.364. The maximum absolute atomic E-state index is 14.2. The van der Waals surface area contributed by atoms with E-state index < -0.39 is 65.6 Å². The Kier molecular flexibility index (Phi) is 7.74. The molecule has 2 aromatic rings. The Morgan fingerprint density at radius 1 is 1.17 bits per heavy atom. The van der Waals surface area contributed by atoms with E-state index in [0.717, 1.165) is 0 Å². The summed E-state index contributed by atoms with van der Waals surface area (Å²) < 4.78 is 69.8. The predicted octanol–water partition coefficient (Wildman–Crippen LogP) is 0.975. The molecule has 14 heteroatoms. The molecule has 1 aliphatic heterocycles. The summed E-state index contributed by atoms with van der Waals surface area (Å²) in [5.74, 6) is -8.75. The summed E-state index contributed by atoms with van der Waals surface area (Å²) in [5.41, 5.74) is 5.33. The number of aromatic nitrogens is 3. The van der Waals surface area contributed by atoms with Crippen LogP contribution in [0.3, 0.4) is 0 Å². The predicted molar refractivity (Wildman–Crippen MR) is 111 cm³/mol. The number of fused-ring (bicyclic) bond motifs is 1. The highest BCUT2D eigenvalue weighted by Crippen LogP contribution is 2.27. The van der Waals surface area contributed by atoms with Gasteiger partial charge in [0.2, 0.25) is 17.6 Å². The number of aliphatic hydroxyl groups excluding tert-OH is 1. The first-order chi connectivity index (χ1) is 16.3. The number of rotatable bonds is 8. The molecule has 3 rings (SSSR count). The van der Waals surface area contributed by atoms with Crippen molar-refractivity contribution in [3.8, 4) is 0 Å². The average molecular weight is 504 g/mol. The Morgan fingerprint density at radius 3 is 2.46 bits per heavy atom. The second-order valence-corrected chi connectivity index (χ2v) is 8.53. The Morgan fingerprint density at radius 2 is 1.83 bits per heavy atom. The molecule has 0 fully saturated rings. The number of nitrogens with zero attached hydrogens (tertiary/aromatic N) is 4. The van der Waals surface area contributed by atoms with Gasteiger partial charge in [0.15, 0.2) is 17.5 Å². The summed E-state index contributed by atoms with van der Waals surface area (Å²) in [4.78, 5) is 26.6. The first kappa shape index (κ1) is 26.5. The third-order valence-corrected chi connectivity index (χ3v) is 5.64. The first-order valence-electron chi connectivity index (χ1n) is 10.7. The van der Waals surface area contributed by atoms with E-state index in [1.54, 1.807) is 0 Å². The number of hydrogen-bond acceptors (Lipinski definition) is 6. The zero-order chi connectivity index (χ0) is 26.1. The van der Waals surface area contributed by atoms with Crippen molar-refractivity contribution in [1.82, 2.24) is 25.0 Å². The topological polar surface area (TPSA) is 126 Å². The zero-order valence-electron chi connectivity index (χ0n) is 18.9. The molecule has 3 unspecified atom stereocenters. The molecule has 0 saturated carbocycles. The lowest BCUT2D eigenvalue weighted by atomic mass is 10.0. The molecule has 2 amide bonds. The third-order valence-electron chi connectivity index (χ3n) is 5.64. The van der Waals surface area contributed by atoms with Gasteiger partial charge in [0.25, 0.3) is 0 Å². The summed E-state index contributed by atoms with van der Waals surface area (Å²) in [6.45, 7) is 1.88. The smallest absolute Gasteiger partial charge is 0.304 e. The van der Waals surface area contributed by atoms with Crippen LogP contribution in [0.15, 0.2) is 12.1 Å². The van der Waals surface area contributed by atoms with Crippen molar-refractivity contribution in [3.05, 3.63) is 46.8 Å². The second kappa shape index (κ2) is 10.2. The summed E-state index contributed by atoms with van der Waals surface area (Å²) in [7, 11) is 0. The fourth-order valence-corrected chi connectivity index (χ4v) is 3.71. The number of amides is 2. The van der Waals surface area contributed by atoms with Gasteiger partial charge in [-0.1, -0.05) is 0 Å². The van der Waals surface area contributed by atoms with Gasteiger partial charge in [0.1, 0.15) is 11.9 Å². The molecule has 1 aromatic carbocycles. The molecule has 1 aliphatic rings. The molecule has 192 valence electrons. The third kappa shape index (κ3) is 6.11. The standard InChI is InChI=1S/C21H25F5N6O3/c1-10(33)18(27)19(35)28-12(5-11-6-14(23)15(24)8-13(11)22)7-17(34)31-3-4-32-16(9-31)29-30-20(32)21(2,25)26/h6,8,10,12,18,33H,3-5,7,9,27H2,1-2H3,(H,28,35). The minimum absolute atomic E-state index is 0.00850. The van der Waals surface area contributed by atoms with Gasteiger partial charge in [0.05, 0.1) is 12.6 Å². The highest BCUT2D eigenvalue weighted by atomic mass is 19.3. The number of hydrogen-bond donors (Lipinski definition) is 3. The van der Waals surface area contributed by atoms with E-state index in [9.17, 15) is 36.6 Å². The maximum Gasteiger partial charge on any atom is 0.304 e. The van der Waals surface area contributed by atoms with Gasteiger partial charge < -0.3 is 25.6 Å². The molecular weight excluding hydrogens is 479 g/mol. The Balaban J connectivity index is 1.78. The van der Waals surface area contributed by atoms with Crippen molar-refractivity contribution in [3.63, 3.8) is 0 Å². The van der Waals surface area contributed by atoms with E-state index in [1.165, 1.54) is 16.4 Å². The van der Waals surface area contributed by atoms with Crippen LogP contribution in [-0.2, 0) is 35.0 Å². The van der Waals surface area contributed by atoms with E-state index in [-0.39, 0.29) is 37.4 Å². The van der Waals surface area contributed by atoms with Crippen LogP contribution < -0.4 is 11.1 Å². The van der Waals surface area contributed by atoms with Crippen LogP contribution in [-0.4, -0.2) is 61.3 Å². The lowest BCUT2D eigenvalue weighted by Crippen LogP contribution is -2.52. The largest absolute Gasteiger partial charge is 0.391 e. The molecule has 2 heterocycles. The maximum atomic E-state index is 14.2. The average Bonchev–Trinajstić information content (AvgIpc) is 3.20. The van der Waals surface area contributed by atoms with Crippen LogP contribution >= 0.6 is 0 Å². The SMILES string of the molecule is CC(O)C(N)C(=O)NC(CC(=O)N1CCn2c(nnc2C(C)(F)F)C1)Cc1cc(F)c(F)cc1F. The van der Waals surface area contributed by atoms with Gasteiger partial charge >= 0.3 is 5.92 Å². The van der Waals surface area contributed by atoms with Crippen molar-refractivity contribution in [2.75, 3.05) is 6.54 Å². The summed E-state index contributed by atoms with van der Waals surface area (Å²) in [5, 5.41) is 19.2. The van der Waals surface area contributed by atoms with Crippen molar-refractivity contribution >= 4 is 11.8 Å². The number of carbonyl (C=O) groups is 2. The van der Waals surface area contributed by atoms with Crippen LogP contribution in [0.5, 0.6) is 0 Å². The molecule has 0 saturated heterocycles. The highest BCUT2D eigenvalue weighted by Gasteiger charge is 2.35. The lowest BCUT2D eigenvalue weighted by Gasteiger charge is -2.30. The summed E-state index contributed by atoms with van der Waals surface area (Å²) >= 11 is 0. The van der Waals surface area contributed by atoms with Gasteiger partial charge in [-0.15, -0.1) is 10.2 Å². The molecule has 0 aliphatic carbocycles. The van der Waals surface area contributed by atoms with E-state index >= 15 is 0 Å². The van der Waals surface area contributed by atoms with Crippen LogP contribution in [0.2, 0.25) is 0 Å².